The molecule has 1 fully saturated rings. The van der Waals surface area contributed by atoms with Gasteiger partial charge in [-0.2, -0.15) is 0 Å². The SMILES string of the molecule is CC.CC(C)C(C)C1CC(C(=O)NCCN(C)C)CCC1C. The third-order valence-corrected chi connectivity index (χ3v) is 5.21. The highest BCUT2D eigenvalue weighted by atomic mass is 16.1. The summed E-state index contributed by atoms with van der Waals surface area (Å²) in [6.45, 7) is 15.0. The van der Waals surface area contributed by atoms with Crippen LogP contribution in [0.25, 0.3) is 0 Å². The average Bonchev–Trinajstić information content (AvgIpc) is 2.48. The standard InChI is InChI=1S/C17H34N2O.C2H6/c1-12(2)14(4)16-11-15(8-7-13(16)3)17(20)18-9-10-19(5)6;1-2/h12-16H,7-11H2,1-6H3,(H,18,20);1-2H3. The predicted molar refractivity (Wildman–Crippen MR) is 96.9 cm³/mol. The minimum Gasteiger partial charge on any atom is -0.355 e. The van der Waals surface area contributed by atoms with Crippen molar-refractivity contribution in [2.45, 2.75) is 60.8 Å². The second-order valence-electron chi connectivity index (χ2n) is 7.35. The van der Waals surface area contributed by atoms with E-state index in [2.05, 4.69) is 37.9 Å². The number of amides is 1. The highest BCUT2D eigenvalue weighted by Gasteiger charge is 2.35. The van der Waals surface area contributed by atoms with Crippen molar-refractivity contribution in [3.05, 3.63) is 0 Å². The van der Waals surface area contributed by atoms with Gasteiger partial charge in [0.15, 0.2) is 0 Å². The van der Waals surface area contributed by atoms with Crippen LogP contribution in [-0.4, -0.2) is 38.0 Å². The van der Waals surface area contributed by atoms with Crippen LogP contribution in [-0.2, 0) is 4.79 Å². The molecule has 0 aromatic heterocycles. The van der Waals surface area contributed by atoms with Crippen molar-refractivity contribution in [1.82, 2.24) is 10.2 Å². The van der Waals surface area contributed by atoms with Crippen molar-refractivity contribution in [3.63, 3.8) is 0 Å². The molecule has 0 radical (unpaired) electrons. The molecular formula is C19H40N2O. The van der Waals surface area contributed by atoms with E-state index in [9.17, 15) is 4.79 Å². The lowest BCUT2D eigenvalue weighted by atomic mass is 9.67. The molecule has 0 spiro atoms. The Morgan fingerprint density at radius 2 is 1.77 bits per heavy atom. The Bertz CT molecular complexity index is 302. The van der Waals surface area contributed by atoms with E-state index in [4.69, 9.17) is 0 Å². The van der Waals surface area contributed by atoms with Gasteiger partial charge in [-0.05, 0) is 57.0 Å². The van der Waals surface area contributed by atoms with Gasteiger partial charge >= 0.3 is 0 Å². The fraction of sp³-hybridized carbons (Fsp3) is 0.947. The van der Waals surface area contributed by atoms with Gasteiger partial charge in [-0.1, -0.05) is 41.5 Å². The van der Waals surface area contributed by atoms with Gasteiger partial charge in [0.25, 0.3) is 0 Å². The maximum absolute atomic E-state index is 12.3. The van der Waals surface area contributed by atoms with E-state index in [-0.39, 0.29) is 11.8 Å². The summed E-state index contributed by atoms with van der Waals surface area (Å²) in [6.07, 6.45) is 3.35. The normalized spacial score (nSPS) is 26.4. The van der Waals surface area contributed by atoms with E-state index in [1.165, 1.54) is 6.42 Å². The molecule has 3 nitrogen and oxygen atoms in total. The van der Waals surface area contributed by atoms with Gasteiger partial charge in [0.2, 0.25) is 5.91 Å². The Morgan fingerprint density at radius 3 is 2.27 bits per heavy atom. The van der Waals surface area contributed by atoms with Gasteiger partial charge in [0.05, 0.1) is 0 Å². The van der Waals surface area contributed by atoms with Crippen molar-refractivity contribution < 1.29 is 4.79 Å². The van der Waals surface area contributed by atoms with Crippen molar-refractivity contribution in [2.24, 2.45) is 29.6 Å². The summed E-state index contributed by atoms with van der Waals surface area (Å²) in [5, 5.41) is 3.11. The molecule has 4 atom stereocenters. The molecule has 0 aromatic rings. The molecule has 1 N–H and O–H groups in total. The van der Waals surface area contributed by atoms with Gasteiger partial charge in [0, 0.05) is 19.0 Å². The van der Waals surface area contributed by atoms with E-state index in [1.807, 2.05) is 27.9 Å². The van der Waals surface area contributed by atoms with Crippen LogP contribution in [0.3, 0.4) is 0 Å². The first-order valence-corrected chi connectivity index (χ1v) is 9.25. The number of likely N-dealkylation sites (N-methyl/N-ethyl adjacent to an activating group) is 1. The van der Waals surface area contributed by atoms with Crippen LogP contribution in [0.15, 0.2) is 0 Å². The summed E-state index contributed by atoms with van der Waals surface area (Å²) >= 11 is 0. The molecule has 1 amide bonds. The van der Waals surface area contributed by atoms with Gasteiger partial charge in [-0.15, -0.1) is 0 Å². The van der Waals surface area contributed by atoms with E-state index >= 15 is 0 Å². The van der Waals surface area contributed by atoms with Crippen molar-refractivity contribution >= 4 is 5.91 Å². The molecule has 132 valence electrons. The molecule has 0 bridgehead atoms. The average molecular weight is 313 g/mol. The molecule has 3 heteroatoms. The molecule has 1 saturated carbocycles. The maximum atomic E-state index is 12.3. The van der Waals surface area contributed by atoms with Gasteiger partial charge < -0.3 is 10.2 Å². The third kappa shape index (κ3) is 7.13. The minimum atomic E-state index is 0.236. The molecule has 1 aliphatic carbocycles. The smallest absolute Gasteiger partial charge is 0.223 e. The Labute approximate surface area is 139 Å². The Kier molecular flexibility index (Phi) is 10.8. The zero-order chi connectivity index (χ0) is 17.3. The van der Waals surface area contributed by atoms with Crippen molar-refractivity contribution in [3.8, 4) is 0 Å². The first-order valence-electron chi connectivity index (χ1n) is 9.25. The van der Waals surface area contributed by atoms with Gasteiger partial charge in [-0.3, -0.25) is 4.79 Å². The number of nitrogens with one attached hydrogen (secondary N) is 1. The first kappa shape index (κ1) is 21.4. The topological polar surface area (TPSA) is 32.3 Å². The molecule has 1 aliphatic rings. The van der Waals surface area contributed by atoms with Crippen LogP contribution in [0, 0.1) is 29.6 Å². The Hall–Kier alpha value is -0.570. The van der Waals surface area contributed by atoms with Crippen LogP contribution in [0.1, 0.15) is 60.8 Å². The quantitative estimate of drug-likeness (QED) is 0.803. The molecule has 0 aliphatic heterocycles. The lowest BCUT2D eigenvalue weighted by molar-refractivity contribution is -0.127. The van der Waals surface area contributed by atoms with E-state index in [0.29, 0.717) is 17.8 Å². The molecule has 0 saturated heterocycles. The zero-order valence-corrected chi connectivity index (χ0v) is 16.3. The van der Waals surface area contributed by atoms with Crippen LogP contribution in [0.5, 0.6) is 0 Å². The minimum absolute atomic E-state index is 0.236. The molecule has 22 heavy (non-hydrogen) atoms. The van der Waals surface area contributed by atoms with Gasteiger partial charge in [-0.25, -0.2) is 0 Å². The Balaban J connectivity index is 0.00000211. The molecule has 4 unspecified atom stereocenters. The molecular weight excluding hydrogens is 272 g/mol. The largest absolute Gasteiger partial charge is 0.355 e. The Morgan fingerprint density at radius 1 is 1.18 bits per heavy atom. The zero-order valence-electron chi connectivity index (χ0n) is 16.3. The summed E-state index contributed by atoms with van der Waals surface area (Å²) in [5.74, 6) is 3.39. The number of carbonyl (C=O) groups excluding carboxylic acids is 1. The van der Waals surface area contributed by atoms with E-state index in [0.717, 1.165) is 31.8 Å². The molecule has 0 heterocycles. The summed E-state index contributed by atoms with van der Waals surface area (Å²) < 4.78 is 0. The number of carbonyl (C=O) groups is 1. The van der Waals surface area contributed by atoms with Gasteiger partial charge in [0.1, 0.15) is 0 Å². The third-order valence-electron chi connectivity index (χ3n) is 5.21. The van der Waals surface area contributed by atoms with Crippen LogP contribution < -0.4 is 5.32 Å². The number of nitrogens with zero attached hydrogens (tertiary/aromatic N) is 1. The van der Waals surface area contributed by atoms with Crippen LogP contribution in [0.4, 0.5) is 0 Å². The summed E-state index contributed by atoms with van der Waals surface area (Å²) in [7, 11) is 4.07. The number of hydrogen-bond acceptors (Lipinski definition) is 2. The highest BCUT2D eigenvalue weighted by molar-refractivity contribution is 5.78. The highest BCUT2D eigenvalue weighted by Crippen LogP contribution is 2.40. The van der Waals surface area contributed by atoms with E-state index < -0.39 is 0 Å². The monoisotopic (exact) mass is 312 g/mol. The first-order chi connectivity index (χ1) is 10.3. The van der Waals surface area contributed by atoms with Crippen molar-refractivity contribution in [1.29, 1.82) is 0 Å². The van der Waals surface area contributed by atoms with E-state index in [1.54, 1.807) is 0 Å². The van der Waals surface area contributed by atoms with Crippen LogP contribution in [0.2, 0.25) is 0 Å². The fourth-order valence-electron chi connectivity index (χ4n) is 3.37. The summed E-state index contributed by atoms with van der Waals surface area (Å²) in [6, 6.07) is 0. The predicted octanol–water partition coefficient (Wildman–Crippen LogP) is 4.03. The fourth-order valence-corrected chi connectivity index (χ4v) is 3.37. The maximum Gasteiger partial charge on any atom is 0.223 e. The second kappa shape index (κ2) is 11.0. The molecule has 1 rings (SSSR count). The van der Waals surface area contributed by atoms with Crippen molar-refractivity contribution in [2.75, 3.05) is 27.2 Å². The number of hydrogen-bond donors (Lipinski definition) is 1. The van der Waals surface area contributed by atoms with Crippen LogP contribution >= 0.6 is 0 Å². The lowest BCUT2D eigenvalue weighted by Gasteiger charge is -2.39. The molecule has 0 aromatic carbocycles. The summed E-state index contributed by atoms with van der Waals surface area (Å²) in [4.78, 5) is 14.4. The summed E-state index contributed by atoms with van der Waals surface area (Å²) in [5.41, 5.74) is 0. The lowest BCUT2D eigenvalue weighted by Crippen LogP contribution is -2.40. The number of rotatable bonds is 6. The second-order valence-corrected chi connectivity index (χ2v) is 7.35.